The summed E-state index contributed by atoms with van der Waals surface area (Å²) in [6.07, 6.45) is 0.435. The maximum absolute atomic E-state index is 12.6. The molecule has 1 N–H and O–H groups in total. The summed E-state index contributed by atoms with van der Waals surface area (Å²) in [6.45, 7) is 3.65. The van der Waals surface area contributed by atoms with E-state index in [0.29, 0.717) is 12.0 Å². The molecule has 19 heavy (non-hydrogen) atoms. The first kappa shape index (κ1) is 13.3. The molecule has 1 unspecified atom stereocenters. The lowest BCUT2D eigenvalue weighted by atomic mass is 9.93. The van der Waals surface area contributed by atoms with E-state index in [2.05, 4.69) is 4.98 Å². The molecule has 1 atom stereocenters. The lowest BCUT2D eigenvalue weighted by Crippen LogP contribution is -2.25. The second kappa shape index (κ2) is 5.26. The van der Waals surface area contributed by atoms with Crippen molar-refractivity contribution in [3.63, 3.8) is 0 Å². The highest BCUT2D eigenvalue weighted by molar-refractivity contribution is 6.16. The summed E-state index contributed by atoms with van der Waals surface area (Å²) < 4.78 is 4.70. The molecular formula is C15H17NO3. The first-order chi connectivity index (χ1) is 9.10. The first-order valence-electron chi connectivity index (χ1n) is 6.29. The van der Waals surface area contributed by atoms with E-state index in [4.69, 9.17) is 4.74 Å². The van der Waals surface area contributed by atoms with Gasteiger partial charge in [0.2, 0.25) is 0 Å². The molecular weight excluding hydrogens is 242 g/mol. The minimum atomic E-state index is -0.733. The number of hydrogen-bond donors (Lipinski definition) is 1. The Bertz CT molecular complexity index is 627. The Labute approximate surface area is 111 Å². The lowest BCUT2D eigenvalue weighted by Gasteiger charge is -2.11. The lowest BCUT2D eigenvalue weighted by molar-refractivity contribution is -0.143. The number of aryl methyl sites for hydroxylation is 1. The van der Waals surface area contributed by atoms with Gasteiger partial charge in [0.1, 0.15) is 5.92 Å². The van der Waals surface area contributed by atoms with Gasteiger partial charge in [-0.15, -0.1) is 0 Å². The number of rotatable bonds is 4. The van der Waals surface area contributed by atoms with Gasteiger partial charge in [-0.3, -0.25) is 9.59 Å². The van der Waals surface area contributed by atoms with Gasteiger partial charge in [-0.1, -0.05) is 25.1 Å². The molecule has 0 radical (unpaired) electrons. The maximum Gasteiger partial charge on any atom is 0.316 e. The van der Waals surface area contributed by atoms with Crippen LogP contribution in [-0.4, -0.2) is 23.8 Å². The summed E-state index contributed by atoms with van der Waals surface area (Å²) in [6, 6.07) is 7.59. The summed E-state index contributed by atoms with van der Waals surface area (Å²) in [5.41, 5.74) is 2.28. The quantitative estimate of drug-likeness (QED) is 0.522. The smallest absolute Gasteiger partial charge is 0.316 e. The van der Waals surface area contributed by atoms with Crippen LogP contribution in [0.3, 0.4) is 0 Å². The Kier molecular flexibility index (Phi) is 3.69. The number of nitrogens with one attached hydrogen (secondary N) is 1. The van der Waals surface area contributed by atoms with Crippen LogP contribution >= 0.6 is 0 Å². The van der Waals surface area contributed by atoms with Crippen molar-refractivity contribution in [3.8, 4) is 0 Å². The van der Waals surface area contributed by atoms with Gasteiger partial charge in [0, 0.05) is 22.2 Å². The predicted molar refractivity (Wildman–Crippen MR) is 73.2 cm³/mol. The number of benzene rings is 1. The standard InChI is InChI=1S/C15H17NO3/c1-4-10(15(18)19-3)14(17)13-9(2)16-12-8-6-5-7-11(12)13/h5-8,10,16H,4H2,1-3H3. The van der Waals surface area contributed by atoms with Crippen molar-refractivity contribution >= 4 is 22.7 Å². The number of ether oxygens (including phenoxy) is 1. The highest BCUT2D eigenvalue weighted by Crippen LogP contribution is 2.26. The van der Waals surface area contributed by atoms with Crippen molar-refractivity contribution in [2.45, 2.75) is 20.3 Å². The highest BCUT2D eigenvalue weighted by atomic mass is 16.5. The van der Waals surface area contributed by atoms with E-state index in [1.54, 1.807) is 0 Å². The number of fused-ring (bicyclic) bond motifs is 1. The van der Waals surface area contributed by atoms with Crippen molar-refractivity contribution < 1.29 is 14.3 Å². The average Bonchev–Trinajstić information content (AvgIpc) is 2.74. The number of methoxy groups -OCH3 is 1. The van der Waals surface area contributed by atoms with E-state index in [0.717, 1.165) is 16.6 Å². The Morgan fingerprint density at radius 2 is 2.00 bits per heavy atom. The molecule has 2 aromatic rings. The second-order valence-electron chi connectivity index (χ2n) is 4.52. The molecule has 0 saturated carbocycles. The second-order valence-corrected chi connectivity index (χ2v) is 4.52. The summed E-state index contributed by atoms with van der Waals surface area (Å²) in [5, 5.41) is 0.854. The molecule has 1 aromatic heterocycles. The molecule has 4 nitrogen and oxygen atoms in total. The van der Waals surface area contributed by atoms with Crippen LogP contribution in [0.2, 0.25) is 0 Å². The van der Waals surface area contributed by atoms with Gasteiger partial charge in [0.05, 0.1) is 7.11 Å². The molecule has 100 valence electrons. The number of aromatic amines is 1. The van der Waals surface area contributed by atoms with Gasteiger partial charge >= 0.3 is 5.97 Å². The van der Waals surface area contributed by atoms with E-state index in [1.165, 1.54) is 7.11 Å². The summed E-state index contributed by atoms with van der Waals surface area (Å²) in [7, 11) is 1.31. The third kappa shape index (κ3) is 2.26. The van der Waals surface area contributed by atoms with Gasteiger partial charge in [-0.05, 0) is 19.4 Å². The van der Waals surface area contributed by atoms with Crippen molar-refractivity contribution in [2.75, 3.05) is 7.11 Å². The van der Waals surface area contributed by atoms with Crippen LogP contribution in [0.5, 0.6) is 0 Å². The summed E-state index contributed by atoms with van der Waals surface area (Å²) in [4.78, 5) is 27.4. The normalized spacial score (nSPS) is 12.4. The van der Waals surface area contributed by atoms with E-state index in [-0.39, 0.29) is 5.78 Å². The molecule has 0 aliphatic rings. The predicted octanol–water partition coefficient (Wildman–Crippen LogP) is 2.86. The van der Waals surface area contributed by atoms with Gasteiger partial charge in [-0.2, -0.15) is 0 Å². The fraction of sp³-hybridized carbons (Fsp3) is 0.333. The molecule has 0 amide bonds. The van der Waals surface area contributed by atoms with Gasteiger partial charge in [-0.25, -0.2) is 0 Å². The molecule has 1 aromatic carbocycles. The van der Waals surface area contributed by atoms with Crippen molar-refractivity contribution in [2.24, 2.45) is 5.92 Å². The Morgan fingerprint density at radius 1 is 1.32 bits per heavy atom. The van der Waals surface area contributed by atoms with Gasteiger partial charge in [0.25, 0.3) is 0 Å². The van der Waals surface area contributed by atoms with E-state index in [1.807, 2.05) is 38.1 Å². The van der Waals surface area contributed by atoms with E-state index < -0.39 is 11.9 Å². The van der Waals surface area contributed by atoms with Gasteiger partial charge in [0.15, 0.2) is 5.78 Å². The molecule has 0 spiro atoms. The van der Waals surface area contributed by atoms with Gasteiger partial charge < -0.3 is 9.72 Å². The summed E-state index contributed by atoms with van der Waals surface area (Å²) >= 11 is 0. The number of H-pyrrole nitrogens is 1. The molecule has 0 aliphatic carbocycles. The Balaban J connectivity index is 2.51. The molecule has 0 fully saturated rings. The first-order valence-corrected chi connectivity index (χ1v) is 6.29. The molecule has 1 heterocycles. The Morgan fingerprint density at radius 3 is 2.63 bits per heavy atom. The third-order valence-corrected chi connectivity index (χ3v) is 3.35. The van der Waals surface area contributed by atoms with Crippen molar-refractivity contribution in [1.82, 2.24) is 4.98 Å². The number of Topliss-reactive ketones (excluding diaryl/α,β-unsaturated/α-hetero) is 1. The molecule has 0 aliphatic heterocycles. The molecule has 0 saturated heterocycles. The number of carbonyl (C=O) groups is 2. The van der Waals surface area contributed by atoms with Crippen LogP contribution in [0.15, 0.2) is 24.3 Å². The zero-order chi connectivity index (χ0) is 14.0. The minimum Gasteiger partial charge on any atom is -0.468 e. The number of para-hydroxylation sites is 1. The van der Waals surface area contributed by atoms with Crippen LogP contribution in [0.25, 0.3) is 10.9 Å². The fourth-order valence-electron chi connectivity index (χ4n) is 2.37. The zero-order valence-corrected chi connectivity index (χ0v) is 11.3. The minimum absolute atomic E-state index is 0.177. The van der Waals surface area contributed by atoms with Crippen LogP contribution in [0, 0.1) is 12.8 Å². The molecule has 4 heteroatoms. The topological polar surface area (TPSA) is 59.2 Å². The van der Waals surface area contributed by atoms with Crippen LogP contribution in [-0.2, 0) is 9.53 Å². The van der Waals surface area contributed by atoms with E-state index >= 15 is 0 Å². The fourth-order valence-corrected chi connectivity index (χ4v) is 2.37. The van der Waals surface area contributed by atoms with E-state index in [9.17, 15) is 9.59 Å². The number of carbonyl (C=O) groups excluding carboxylic acids is 2. The molecule has 2 rings (SSSR count). The van der Waals surface area contributed by atoms with Crippen LogP contribution in [0.1, 0.15) is 29.4 Å². The maximum atomic E-state index is 12.6. The SMILES string of the molecule is CCC(C(=O)OC)C(=O)c1c(C)[nH]c2ccccc12. The van der Waals surface area contributed by atoms with Crippen LogP contribution < -0.4 is 0 Å². The van der Waals surface area contributed by atoms with Crippen molar-refractivity contribution in [3.05, 3.63) is 35.5 Å². The number of esters is 1. The third-order valence-electron chi connectivity index (χ3n) is 3.35. The number of aromatic nitrogens is 1. The largest absolute Gasteiger partial charge is 0.468 e. The zero-order valence-electron chi connectivity index (χ0n) is 11.3. The summed E-state index contributed by atoms with van der Waals surface area (Å²) in [5.74, 6) is -1.38. The molecule has 0 bridgehead atoms. The average molecular weight is 259 g/mol. The van der Waals surface area contributed by atoms with Crippen LogP contribution in [0.4, 0.5) is 0 Å². The monoisotopic (exact) mass is 259 g/mol. The highest BCUT2D eigenvalue weighted by Gasteiger charge is 2.29. The Hall–Kier alpha value is -2.10. The van der Waals surface area contributed by atoms with Crippen molar-refractivity contribution in [1.29, 1.82) is 0 Å². The number of ketones is 1. The number of hydrogen-bond acceptors (Lipinski definition) is 3.